The van der Waals surface area contributed by atoms with E-state index in [4.69, 9.17) is 6.57 Å². The standard InChI is InChI=1S/C27H33N5O5S2/c1-27(33)14-16-31(19-27)38(34,35)18-20-9-11-21(12-10-20)30(3)25-23-13-15-32(26(23)29-17-24(25)28-2)39(36,37)22-7-5-4-6-8-22/h4-8,13,15,17,20-21,33H,9-12,14,16,18-19H2,1,3H3. The number of aliphatic hydroxyl groups is 1. The van der Waals surface area contributed by atoms with Gasteiger partial charge in [-0.2, -0.15) is 4.31 Å². The maximum Gasteiger partial charge on any atom is 0.269 e. The number of anilines is 1. The van der Waals surface area contributed by atoms with Crippen molar-refractivity contribution in [1.82, 2.24) is 13.3 Å². The van der Waals surface area contributed by atoms with Crippen LogP contribution < -0.4 is 4.90 Å². The number of fused-ring (bicyclic) bond motifs is 1. The fraction of sp³-hybridized carbons (Fsp3) is 0.481. The monoisotopic (exact) mass is 571 g/mol. The van der Waals surface area contributed by atoms with Gasteiger partial charge in [0.15, 0.2) is 5.65 Å². The van der Waals surface area contributed by atoms with Gasteiger partial charge >= 0.3 is 0 Å². The van der Waals surface area contributed by atoms with Gasteiger partial charge < -0.3 is 10.0 Å². The number of sulfonamides is 1. The van der Waals surface area contributed by atoms with Gasteiger partial charge in [0.1, 0.15) is 0 Å². The first kappa shape index (κ1) is 27.6. The minimum Gasteiger partial charge on any atom is -0.389 e. The van der Waals surface area contributed by atoms with E-state index in [9.17, 15) is 21.9 Å². The molecule has 2 aliphatic rings. The zero-order valence-electron chi connectivity index (χ0n) is 22.1. The lowest BCUT2D eigenvalue weighted by Gasteiger charge is -2.37. The average molecular weight is 572 g/mol. The molecule has 0 amide bonds. The van der Waals surface area contributed by atoms with Gasteiger partial charge in [0.05, 0.1) is 28.5 Å². The van der Waals surface area contributed by atoms with Crippen molar-refractivity contribution in [3.63, 3.8) is 0 Å². The molecule has 1 aromatic carbocycles. The van der Waals surface area contributed by atoms with Crippen LogP contribution in [0, 0.1) is 12.5 Å². The second-order valence-corrected chi connectivity index (χ2v) is 14.7. The Bertz CT molecular complexity index is 1620. The summed E-state index contributed by atoms with van der Waals surface area (Å²) in [4.78, 5) is 10.2. The first-order chi connectivity index (χ1) is 18.4. The molecule has 5 rings (SSSR count). The number of hydrogen-bond donors (Lipinski definition) is 1. The van der Waals surface area contributed by atoms with Gasteiger partial charge in [-0.05, 0) is 63.1 Å². The molecule has 3 aromatic rings. The zero-order chi connectivity index (χ0) is 28.0. The Morgan fingerprint density at radius 3 is 2.44 bits per heavy atom. The minimum absolute atomic E-state index is 0.0279. The lowest BCUT2D eigenvalue weighted by atomic mass is 9.86. The molecule has 1 N–H and O–H groups in total. The second kappa shape index (κ2) is 10.2. The number of aromatic nitrogens is 2. The maximum atomic E-state index is 13.3. The van der Waals surface area contributed by atoms with Crippen molar-refractivity contribution in [2.24, 2.45) is 5.92 Å². The van der Waals surface area contributed by atoms with E-state index in [-0.39, 0.29) is 34.8 Å². The normalized spacial score (nSPS) is 24.6. The van der Waals surface area contributed by atoms with Gasteiger partial charge in [0.25, 0.3) is 10.0 Å². The van der Waals surface area contributed by atoms with Gasteiger partial charge in [-0.3, -0.25) is 0 Å². The van der Waals surface area contributed by atoms with Crippen molar-refractivity contribution in [3.05, 3.63) is 60.2 Å². The minimum atomic E-state index is -3.87. The molecule has 10 nitrogen and oxygen atoms in total. The lowest BCUT2D eigenvalue weighted by Crippen LogP contribution is -2.40. The smallest absolute Gasteiger partial charge is 0.269 e. The predicted molar refractivity (Wildman–Crippen MR) is 150 cm³/mol. The molecular weight excluding hydrogens is 538 g/mol. The maximum absolute atomic E-state index is 13.3. The van der Waals surface area contributed by atoms with Crippen LogP contribution in [0.15, 0.2) is 53.7 Å². The summed E-state index contributed by atoms with van der Waals surface area (Å²) >= 11 is 0. The SMILES string of the molecule is [C-]#[N+]c1cnc2c(ccn2S(=O)(=O)c2ccccc2)c1N(C)C1CCC(CS(=O)(=O)N2CCC(C)(O)C2)CC1. The summed E-state index contributed by atoms with van der Waals surface area (Å²) in [6.45, 7) is 9.88. The molecule has 1 saturated heterocycles. The Hall–Kier alpha value is -2.98. The predicted octanol–water partition coefficient (Wildman–Crippen LogP) is 3.61. The third kappa shape index (κ3) is 5.28. The number of benzene rings is 1. The van der Waals surface area contributed by atoms with Crippen molar-refractivity contribution in [2.45, 2.75) is 55.6 Å². The molecule has 1 atom stereocenters. The molecule has 1 aliphatic heterocycles. The van der Waals surface area contributed by atoms with Crippen LogP contribution in [0.2, 0.25) is 0 Å². The van der Waals surface area contributed by atoms with E-state index < -0.39 is 25.6 Å². The van der Waals surface area contributed by atoms with Crippen molar-refractivity contribution in [2.75, 3.05) is 30.8 Å². The topological polar surface area (TPSA) is 117 Å². The van der Waals surface area contributed by atoms with E-state index in [2.05, 4.69) is 9.83 Å². The van der Waals surface area contributed by atoms with Crippen molar-refractivity contribution in [3.8, 4) is 0 Å². The number of hydrogen-bond acceptors (Lipinski definition) is 7. The van der Waals surface area contributed by atoms with Crippen LogP contribution in [0.5, 0.6) is 0 Å². The Kier molecular flexibility index (Phi) is 7.22. The van der Waals surface area contributed by atoms with Crippen LogP contribution in [0.3, 0.4) is 0 Å². The Balaban J connectivity index is 1.35. The molecule has 3 heterocycles. The molecule has 1 saturated carbocycles. The van der Waals surface area contributed by atoms with E-state index in [0.717, 1.165) is 29.7 Å². The molecule has 0 bridgehead atoms. The summed E-state index contributed by atoms with van der Waals surface area (Å²) < 4.78 is 55.1. The fourth-order valence-corrected chi connectivity index (χ4v) is 9.12. The summed E-state index contributed by atoms with van der Waals surface area (Å²) in [5, 5.41) is 10.8. The highest BCUT2D eigenvalue weighted by molar-refractivity contribution is 7.90. The summed E-state index contributed by atoms with van der Waals surface area (Å²) in [5.41, 5.74) is 0.260. The van der Waals surface area contributed by atoms with Crippen LogP contribution >= 0.6 is 0 Å². The molecule has 12 heteroatoms. The van der Waals surface area contributed by atoms with Gasteiger partial charge in [-0.1, -0.05) is 18.2 Å². The molecular formula is C27H33N5O5S2. The molecule has 1 aliphatic carbocycles. The van der Waals surface area contributed by atoms with E-state index in [1.54, 1.807) is 31.2 Å². The molecule has 208 valence electrons. The largest absolute Gasteiger partial charge is 0.389 e. The van der Waals surface area contributed by atoms with Crippen LogP contribution in [-0.4, -0.2) is 72.7 Å². The van der Waals surface area contributed by atoms with E-state index in [1.807, 2.05) is 11.9 Å². The number of β-amino-alcohol motifs (C(OH)–C–C–N with tert-alkyl or cyclic N) is 1. The second-order valence-electron chi connectivity index (χ2n) is 10.9. The van der Waals surface area contributed by atoms with Gasteiger partial charge in [0.2, 0.25) is 15.7 Å². The van der Waals surface area contributed by atoms with Crippen molar-refractivity contribution < 1.29 is 21.9 Å². The molecule has 39 heavy (non-hydrogen) atoms. The highest BCUT2D eigenvalue weighted by Gasteiger charge is 2.39. The third-order valence-electron chi connectivity index (χ3n) is 8.03. The van der Waals surface area contributed by atoms with E-state index in [1.165, 1.54) is 28.8 Å². The highest BCUT2D eigenvalue weighted by Crippen LogP contribution is 2.40. The number of pyridine rings is 1. The Morgan fingerprint density at radius 1 is 1.13 bits per heavy atom. The van der Waals surface area contributed by atoms with Gasteiger partial charge in [-0.25, -0.2) is 30.6 Å². The summed E-state index contributed by atoms with van der Waals surface area (Å²) in [6.07, 6.45) is 6.29. The fourth-order valence-electron chi connectivity index (χ4n) is 5.82. The Labute approximate surface area is 229 Å². The lowest BCUT2D eigenvalue weighted by molar-refractivity contribution is 0.0762. The quantitative estimate of drug-likeness (QED) is 0.431. The van der Waals surface area contributed by atoms with Crippen LogP contribution in [-0.2, 0) is 20.0 Å². The number of nitrogens with zero attached hydrogens (tertiary/aromatic N) is 5. The van der Waals surface area contributed by atoms with Gasteiger partial charge in [-0.15, -0.1) is 0 Å². The summed E-state index contributed by atoms with van der Waals surface area (Å²) in [6, 6.07) is 9.90. The highest BCUT2D eigenvalue weighted by atomic mass is 32.2. The van der Waals surface area contributed by atoms with Crippen molar-refractivity contribution in [1.29, 1.82) is 0 Å². The average Bonchev–Trinajstić information content (AvgIpc) is 3.52. The molecule has 1 unspecified atom stereocenters. The van der Waals surface area contributed by atoms with Crippen molar-refractivity contribution >= 4 is 42.5 Å². The van der Waals surface area contributed by atoms with E-state index >= 15 is 0 Å². The first-order valence-electron chi connectivity index (χ1n) is 13.0. The molecule has 0 spiro atoms. The van der Waals surface area contributed by atoms with Crippen LogP contribution in [0.4, 0.5) is 11.4 Å². The third-order valence-corrected chi connectivity index (χ3v) is 11.7. The van der Waals surface area contributed by atoms with E-state index in [0.29, 0.717) is 29.7 Å². The summed E-state index contributed by atoms with van der Waals surface area (Å²) in [5.74, 6) is 0.104. The first-order valence-corrected chi connectivity index (χ1v) is 16.1. The molecule has 2 fully saturated rings. The molecule has 2 aromatic heterocycles. The number of rotatable bonds is 7. The summed E-state index contributed by atoms with van der Waals surface area (Å²) in [7, 11) is -5.41. The van der Waals surface area contributed by atoms with Crippen LogP contribution in [0.25, 0.3) is 15.9 Å². The molecule has 0 radical (unpaired) electrons. The Morgan fingerprint density at radius 2 is 1.82 bits per heavy atom. The van der Waals surface area contributed by atoms with Crippen LogP contribution in [0.1, 0.15) is 39.0 Å². The zero-order valence-corrected chi connectivity index (χ0v) is 23.7. The van der Waals surface area contributed by atoms with Gasteiger partial charge in [0, 0.05) is 44.0 Å².